The van der Waals surface area contributed by atoms with Gasteiger partial charge in [-0.3, -0.25) is 0 Å². The Balaban J connectivity index is 2.66. The SMILES string of the molecule is COc1ccc2c(F)c(CBr)sc2c1. The van der Waals surface area contributed by atoms with Crippen molar-refractivity contribution in [3.05, 3.63) is 28.9 Å². The molecule has 4 heteroatoms. The number of alkyl halides is 1. The smallest absolute Gasteiger partial charge is 0.145 e. The summed E-state index contributed by atoms with van der Waals surface area (Å²) in [6, 6.07) is 5.39. The van der Waals surface area contributed by atoms with Gasteiger partial charge in [-0.1, -0.05) is 15.9 Å². The lowest BCUT2D eigenvalue weighted by Gasteiger charge is -1.97. The van der Waals surface area contributed by atoms with Gasteiger partial charge in [-0.05, 0) is 18.2 Å². The van der Waals surface area contributed by atoms with Crippen molar-refractivity contribution < 1.29 is 9.13 Å². The van der Waals surface area contributed by atoms with Gasteiger partial charge in [0.05, 0.1) is 12.0 Å². The molecule has 0 bridgehead atoms. The molecular formula is C10H8BrFOS. The van der Waals surface area contributed by atoms with E-state index in [0.29, 0.717) is 10.7 Å². The fourth-order valence-corrected chi connectivity index (χ4v) is 2.86. The molecule has 0 saturated carbocycles. The minimum absolute atomic E-state index is 0.121. The molecule has 74 valence electrons. The molecule has 14 heavy (non-hydrogen) atoms. The van der Waals surface area contributed by atoms with Crippen LogP contribution in [0.5, 0.6) is 5.75 Å². The molecule has 2 rings (SSSR count). The van der Waals surface area contributed by atoms with Crippen LogP contribution >= 0.6 is 27.3 Å². The molecule has 0 aliphatic heterocycles. The van der Waals surface area contributed by atoms with Gasteiger partial charge in [-0.15, -0.1) is 11.3 Å². The predicted molar refractivity (Wildman–Crippen MR) is 61.0 cm³/mol. The summed E-state index contributed by atoms with van der Waals surface area (Å²) in [6.45, 7) is 0. The van der Waals surface area contributed by atoms with Crippen molar-refractivity contribution in [2.45, 2.75) is 5.33 Å². The minimum Gasteiger partial charge on any atom is -0.497 e. The maximum Gasteiger partial charge on any atom is 0.145 e. The zero-order valence-corrected chi connectivity index (χ0v) is 9.91. The Labute approximate surface area is 93.6 Å². The van der Waals surface area contributed by atoms with E-state index in [9.17, 15) is 4.39 Å². The number of halogens is 2. The fraction of sp³-hybridized carbons (Fsp3) is 0.200. The van der Waals surface area contributed by atoms with Crippen molar-refractivity contribution in [1.29, 1.82) is 0 Å². The lowest BCUT2D eigenvalue weighted by Crippen LogP contribution is -1.80. The van der Waals surface area contributed by atoms with Crippen LogP contribution in [-0.2, 0) is 5.33 Å². The van der Waals surface area contributed by atoms with Crippen LogP contribution in [-0.4, -0.2) is 7.11 Å². The summed E-state index contributed by atoms with van der Waals surface area (Å²) in [6.07, 6.45) is 0. The van der Waals surface area contributed by atoms with Crippen molar-refractivity contribution in [2.24, 2.45) is 0 Å². The molecule has 1 aromatic carbocycles. The highest BCUT2D eigenvalue weighted by molar-refractivity contribution is 9.08. The zero-order chi connectivity index (χ0) is 10.1. The lowest BCUT2D eigenvalue weighted by molar-refractivity contribution is 0.415. The van der Waals surface area contributed by atoms with E-state index in [4.69, 9.17) is 4.74 Å². The van der Waals surface area contributed by atoms with Gasteiger partial charge in [0.2, 0.25) is 0 Å². The molecule has 1 nitrogen and oxygen atoms in total. The first-order valence-corrected chi connectivity index (χ1v) is 6.01. The second-order valence-electron chi connectivity index (χ2n) is 2.83. The average Bonchev–Trinajstić information content (AvgIpc) is 2.55. The molecule has 0 unspecified atom stereocenters. The molecule has 1 aromatic heterocycles. The highest BCUT2D eigenvalue weighted by Crippen LogP contribution is 2.33. The number of rotatable bonds is 2. The normalized spacial score (nSPS) is 10.8. The largest absolute Gasteiger partial charge is 0.497 e. The maximum absolute atomic E-state index is 13.6. The number of fused-ring (bicyclic) bond motifs is 1. The molecule has 0 aliphatic rings. The van der Waals surface area contributed by atoms with E-state index in [1.54, 1.807) is 19.2 Å². The second-order valence-corrected chi connectivity index (χ2v) is 4.53. The van der Waals surface area contributed by atoms with Crippen molar-refractivity contribution in [3.63, 3.8) is 0 Å². The van der Waals surface area contributed by atoms with E-state index in [1.165, 1.54) is 11.3 Å². The van der Waals surface area contributed by atoms with Crippen molar-refractivity contribution in [3.8, 4) is 5.75 Å². The Bertz CT molecular complexity index is 466. The number of hydrogen-bond acceptors (Lipinski definition) is 2. The highest BCUT2D eigenvalue weighted by atomic mass is 79.9. The molecule has 0 radical (unpaired) electrons. The number of hydrogen-bond donors (Lipinski definition) is 0. The maximum atomic E-state index is 13.6. The van der Waals surface area contributed by atoms with Gasteiger partial charge in [0.1, 0.15) is 11.6 Å². The van der Waals surface area contributed by atoms with Crippen molar-refractivity contribution in [2.75, 3.05) is 7.11 Å². The zero-order valence-electron chi connectivity index (χ0n) is 7.51. The summed E-state index contributed by atoms with van der Waals surface area (Å²) in [7, 11) is 1.61. The van der Waals surface area contributed by atoms with Crippen LogP contribution in [0.4, 0.5) is 4.39 Å². The predicted octanol–water partition coefficient (Wildman–Crippen LogP) is 3.94. The van der Waals surface area contributed by atoms with E-state index in [-0.39, 0.29) is 5.82 Å². The quantitative estimate of drug-likeness (QED) is 0.754. The molecule has 0 N–H and O–H groups in total. The molecule has 1 heterocycles. The van der Waals surface area contributed by atoms with E-state index in [1.807, 2.05) is 6.07 Å². The molecule has 0 aliphatic carbocycles. The Kier molecular flexibility index (Phi) is 2.74. The fourth-order valence-electron chi connectivity index (χ4n) is 1.31. The van der Waals surface area contributed by atoms with Crippen LogP contribution in [0.15, 0.2) is 18.2 Å². The molecular weight excluding hydrogens is 267 g/mol. The Morgan fingerprint density at radius 3 is 2.93 bits per heavy atom. The van der Waals surface area contributed by atoms with E-state index >= 15 is 0 Å². The first-order chi connectivity index (χ1) is 6.76. The number of benzene rings is 1. The lowest BCUT2D eigenvalue weighted by atomic mass is 10.2. The minimum atomic E-state index is -0.121. The third kappa shape index (κ3) is 1.53. The van der Waals surface area contributed by atoms with E-state index in [2.05, 4.69) is 15.9 Å². The first-order valence-electron chi connectivity index (χ1n) is 4.07. The molecule has 0 atom stereocenters. The van der Waals surface area contributed by atoms with E-state index in [0.717, 1.165) is 15.3 Å². The van der Waals surface area contributed by atoms with Crippen molar-refractivity contribution in [1.82, 2.24) is 0 Å². The third-order valence-electron chi connectivity index (χ3n) is 2.02. The Morgan fingerprint density at radius 2 is 2.29 bits per heavy atom. The average molecular weight is 275 g/mol. The summed E-state index contributed by atoms with van der Waals surface area (Å²) in [4.78, 5) is 0.730. The summed E-state index contributed by atoms with van der Waals surface area (Å²) in [5.41, 5.74) is 0. The summed E-state index contributed by atoms with van der Waals surface area (Å²) in [5.74, 6) is 0.643. The van der Waals surface area contributed by atoms with Gasteiger partial charge in [-0.2, -0.15) is 0 Å². The van der Waals surface area contributed by atoms with Crippen LogP contribution in [0, 0.1) is 5.82 Å². The van der Waals surface area contributed by atoms with Gasteiger partial charge >= 0.3 is 0 Å². The molecule has 0 saturated heterocycles. The summed E-state index contributed by atoms with van der Waals surface area (Å²) in [5, 5.41) is 1.23. The summed E-state index contributed by atoms with van der Waals surface area (Å²) < 4.78 is 19.6. The first kappa shape index (κ1) is 9.93. The topological polar surface area (TPSA) is 9.23 Å². The molecule has 0 fully saturated rings. The standard InChI is InChI=1S/C10H8BrFOS/c1-13-6-2-3-7-8(4-6)14-9(5-11)10(7)12/h2-4H,5H2,1H3. The second kappa shape index (κ2) is 3.87. The summed E-state index contributed by atoms with van der Waals surface area (Å²) >= 11 is 4.71. The number of thiophene rings is 1. The number of methoxy groups -OCH3 is 1. The van der Waals surface area contributed by atoms with Crippen molar-refractivity contribution >= 4 is 37.4 Å². The molecule has 0 spiro atoms. The van der Waals surface area contributed by atoms with Crippen LogP contribution < -0.4 is 4.74 Å². The Hall–Kier alpha value is -0.610. The monoisotopic (exact) mass is 274 g/mol. The van der Waals surface area contributed by atoms with Crippen LogP contribution in [0.3, 0.4) is 0 Å². The van der Waals surface area contributed by atoms with Crippen LogP contribution in [0.25, 0.3) is 10.1 Å². The highest BCUT2D eigenvalue weighted by Gasteiger charge is 2.10. The molecule has 2 aromatic rings. The van der Waals surface area contributed by atoms with E-state index < -0.39 is 0 Å². The van der Waals surface area contributed by atoms with Gasteiger partial charge in [0, 0.05) is 15.4 Å². The molecule has 0 amide bonds. The van der Waals surface area contributed by atoms with Gasteiger partial charge < -0.3 is 4.74 Å². The van der Waals surface area contributed by atoms with Gasteiger partial charge in [0.15, 0.2) is 0 Å². The van der Waals surface area contributed by atoms with Crippen LogP contribution in [0.1, 0.15) is 4.88 Å². The van der Waals surface area contributed by atoms with Crippen LogP contribution in [0.2, 0.25) is 0 Å². The van der Waals surface area contributed by atoms with Gasteiger partial charge in [-0.25, -0.2) is 4.39 Å². The Morgan fingerprint density at radius 1 is 1.50 bits per heavy atom. The third-order valence-corrected chi connectivity index (χ3v) is 4.08. The number of ether oxygens (including phenoxy) is 1. The van der Waals surface area contributed by atoms with Gasteiger partial charge in [0.25, 0.3) is 0 Å².